The maximum absolute atomic E-state index is 13.3. The molecule has 0 radical (unpaired) electrons. The average molecular weight is 450 g/mol. The summed E-state index contributed by atoms with van der Waals surface area (Å²) in [7, 11) is -3.29. The summed E-state index contributed by atoms with van der Waals surface area (Å²) in [4.78, 5) is 12.7. The Bertz CT molecular complexity index is 1160. The number of amides is 1. The van der Waals surface area contributed by atoms with E-state index in [1.165, 1.54) is 28.9 Å². The molecule has 2 aromatic carbocycles. The molecule has 1 amide bonds. The molecule has 138 valence electrons. The van der Waals surface area contributed by atoms with Crippen molar-refractivity contribution in [1.82, 2.24) is 9.78 Å². The van der Waals surface area contributed by atoms with E-state index in [0.29, 0.717) is 22.5 Å². The third kappa shape index (κ3) is 3.52. The summed E-state index contributed by atoms with van der Waals surface area (Å²) in [6.07, 6.45) is 0. The molecule has 0 atom stereocenters. The fraction of sp³-hybridized carbons (Fsp3) is 0.111. The Morgan fingerprint density at radius 1 is 1.15 bits per heavy atom. The maximum Gasteiger partial charge on any atom is 0.256 e. The largest absolute Gasteiger partial charge is 0.306 e. The van der Waals surface area contributed by atoms with Crippen molar-refractivity contribution < 1.29 is 17.6 Å². The van der Waals surface area contributed by atoms with Crippen LogP contribution in [0.2, 0.25) is 0 Å². The molecule has 1 aliphatic heterocycles. The second kappa shape index (κ2) is 6.58. The highest BCUT2D eigenvalue weighted by molar-refractivity contribution is 9.10. The van der Waals surface area contributed by atoms with Crippen LogP contribution in [0.25, 0.3) is 5.69 Å². The molecule has 27 heavy (non-hydrogen) atoms. The molecule has 0 bridgehead atoms. The van der Waals surface area contributed by atoms with Gasteiger partial charge in [0.05, 0.1) is 22.9 Å². The predicted molar refractivity (Wildman–Crippen MR) is 102 cm³/mol. The Hall–Kier alpha value is -2.52. The van der Waals surface area contributed by atoms with Crippen molar-refractivity contribution in [2.24, 2.45) is 0 Å². The van der Waals surface area contributed by atoms with Gasteiger partial charge in [-0.1, -0.05) is 22.0 Å². The van der Waals surface area contributed by atoms with Crippen LogP contribution in [0.5, 0.6) is 0 Å². The minimum absolute atomic E-state index is 0.184. The van der Waals surface area contributed by atoms with Crippen LogP contribution >= 0.6 is 15.9 Å². The summed E-state index contributed by atoms with van der Waals surface area (Å²) in [5.74, 6) is -0.900. The highest BCUT2D eigenvalue weighted by Gasteiger charge is 2.33. The van der Waals surface area contributed by atoms with Crippen LogP contribution < -0.4 is 5.32 Å². The zero-order valence-corrected chi connectivity index (χ0v) is 16.2. The number of carbonyl (C=O) groups excluding carboxylic acids is 1. The number of anilines is 1. The zero-order valence-electron chi connectivity index (χ0n) is 13.8. The van der Waals surface area contributed by atoms with Crippen molar-refractivity contribution in [2.45, 2.75) is 11.5 Å². The molecule has 6 nitrogen and oxygen atoms in total. The van der Waals surface area contributed by atoms with Crippen molar-refractivity contribution in [3.05, 3.63) is 75.6 Å². The van der Waals surface area contributed by atoms with Gasteiger partial charge in [0.2, 0.25) is 0 Å². The van der Waals surface area contributed by atoms with Gasteiger partial charge in [-0.2, -0.15) is 5.10 Å². The molecule has 3 aromatic rings. The molecule has 1 N–H and O–H groups in total. The van der Waals surface area contributed by atoms with E-state index < -0.39 is 21.6 Å². The van der Waals surface area contributed by atoms with Crippen molar-refractivity contribution >= 4 is 37.5 Å². The lowest BCUT2D eigenvalue weighted by atomic mass is 10.2. The van der Waals surface area contributed by atoms with Gasteiger partial charge in [-0.05, 0) is 42.5 Å². The highest BCUT2D eigenvalue weighted by Crippen LogP contribution is 2.33. The van der Waals surface area contributed by atoms with Crippen LogP contribution in [0.1, 0.15) is 21.6 Å². The highest BCUT2D eigenvalue weighted by atomic mass is 79.9. The van der Waals surface area contributed by atoms with E-state index in [2.05, 4.69) is 26.3 Å². The number of fused-ring (bicyclic) bond motifs is 1. The van der Waals surface area contributed by atoms with Crippen molar-refractivity contribution in [1.29, 1.82) is 0 Å². The number of hydrogen-bond acceptors (Lipinski definition) is 4. The maximum atomic E-state index is 13.3. The molecule has 4 rings (SSSR count). The Kier molecular flexibility index (Phi) is 4.35. The summed E-state index contributed by atoms with van der Waals surface area (Å²) in [6.45, 7) is 0. The number of nitrogens with one attached hydrogen (secondary N) is 1. The Morgan fingerprint density at radius 2 is 1.89 bits per heavy atom. The second-order valence-corrected chi connectivity index (χ2v) is 9.14. The lowest BCUT2D eigenvalue weighted by Crippen LogP contribution is -2.17. The first kappa shape index (κ1) is 17.9. The van der Waals surface area contributed by atoms with Crippen LogP contribution in [0.3, 0.4) is 0 Å². The molecule has 0 aliphatic carbocycles. The standard InChI is InChI=1S/C18H13BrFN3O3S/c19-12-3-1-2-11(8-12)18(24)21-17-15-9-27(25,26)10-16(15)22-23(17)14-6-4-13(20)5-7-14/h1-8H,9-10H2,(H,21,24). The number of benzene rings is 2. The molecule has 1 aromatic heterocycles. The molecule has 2 heterocycles. The number of nitrogens with zero attached hydrogens (tertiary/aromatic N) is 2. The Balaban J connectivity index is 1.78. The SMILES string of the molecule is O=C(Nc1c2c(nn1-c1ccc(F)cc1)CS(=O)(=O)C2)c1cccc(Br)c1. The second-order valence-electron chi connectivity index (χ2n) is 6.16. The van der Waals surface area contributed by atoms with Gasteiger partial charge in [-0.3, -0.25) is 4.79 Å². The fourth-order valence-corrected chi connectivity index (χ4v) is 4.84. The molecular formula is C18H13BrFN3O3S. The topological polar surface area (TPSA) is 81.1 Å². The lowest BCUT2D eigenvalue weighted by molar-refractivity contribution is 0.102. The quantitative estimate of drug-likeness (QED) is 0.663. The molecular weight excluding hydrogens is 437 g/mol. The van der Waals surface area contributed by atoms with Crippen LogP contribution in [-0.2, 0) is 21.3 Å². The smallest absolute Gasteiger partial charge is 0.256 e. The van der Waals surface area contributed by atoms with Crippen LogP contribution in [-0.4, -0.2) is 24.1 Å². The number of hydrogen-bond donors (Lipinski definition) is 1. The van der Waals surface area contributed by atoms with Crippen molar-refractivity contribution in [3.63, 3.8) is 0 Å². The summed E-state index contributed by atoms with van der Waals surface area (Å²) in [5.41, 5.74) is 1.78. The minimum atomic E-state index is -3.29. The summed E-state index contributed by atoms with van der Waals surface area (Å²) in [5, 5.41) is 7.11. The number of rotatable bonds is 3. The minimum Gasteiger partial charge on any atom is -0.306 e. The molecule has 0 spiro atoms. The molecule has 0 saturated carbocycles. The van der Waals surface area contributed by atoms with Gasteiger partial charge in [-0.15, -0.1) is 0 Å². The van der Waals surface area contributed by atoms with Gasteiger partial charge in [0.1, 0.15) is 11.6 Å². The normalized spacial score (nSPS) is 14.7. The molecule has 0 saturated heterocycles. The van der Waals surface area contributed by atoms with Crippen molar-refractivity contribution in [2.75, 3.05) is 5.32 Å². The molecule has 0 unspecified atom stereocenters. The van der Waals surface area contributed by atoms with Gasteiger partial charge in [-0.25, -0.2) is 17.5 Å². The van der Waals surface area contributed by atoms with Crippen LogP contribution in [0, 0.1) is 5.82 Å². The fourth-order valence-electron chi connectivity index (χ4n) is 2.95. The van der Waals surface area contributed by atoms with Gasteiger partial charge >= 0.3 is 0 Å². The van der Waals surface area contributed by atoms with Gasteiger partial charge < -0.3 is 5.32 Å². The van der Waals surface area contributed by atoms with Gasteiger partial charge in [0.15, 0.2) is 9.84 Å². The van der Waals surface area contributed by atoms with E-state index in [1.807, 2.05) is 0 Å². The third-order valence-corrected chi connectivity index (χ3v) is 6.11. The Labute approximate surface area is 163 Å². The number of halogens is 2. The summed E-state index contributed by atoms with van der Waals surface area (Å²) >= 11 is 3.32. The summed E-state index contributed by atoms with van der Waals surface area (Å²) in [6, 6.07) is 12.4. The van der Waals surface area contributed by atoms with E-state index >= 15 is 0 Å². The molecule has 9 heteroatoms. The van der Waals surface area contributed by atoms with Crippen molar-refractivity contribution in [3.8, 4) is 5.69 Å². The molecule has 1 aliphatic rings. The number of aromatic nitrogens is 2. The van der Waals surface area contributed by atoms with E-state index in [-0.39, 0.29) is 17.3 Å². The van der Waals surface area contributed by atoms with Gasteiger partial charge in [0, 0.05) is 15.6 Å². The average Bonchev–Trinajstić information content (AvgIpc) is 3.08. The summed E-state index contributed by atoms with van der Waals surface area (Å²) < 4.78 is 39.4. The van der Waals surface area contributed by atoms with Crippen LogP contribution in [0.15, 0.2) is 53.0 Å². The Morgan fingerprint density at radius 3 is 2.59 bits per heavy atom. The van der Waals surface area contributed by atoms with E-state index in [1.54, 1.807) is 24.3 Å². The zero-order chi connectivity index (χ0) is 19.2. The third-order valence-electron chi connectivity index (χ3n) is 4.18. The lowest BCUT2D eigenvalue weighted by Gasteiger charge is -2.11. The van der Waals surface area contributed by atoms with Gasteiger partial charge in [0.25, 0.3) is 5.91 Å². The number of sulfone groups is 1. The first-order valence-electron chi connectivity index (χ1n) is 7.96. The van der Waals surface area contributed by atoms with Crippen LogP contribution in [0.4, 0.5) is 10.2 Å². The number of carbonyl (C=O) groups is 1. The first-order valence-corrected chi connectivity index (χ1v) is 10.6. The predicted octanol–water partition coefficient (Wildman–Crippen LogP) is 3.45. The van der Waals surface area contributed by atoms with E-state index in [9.17, 15) is 17.6 Å². The monoisotopic (exact) mass is 449 g/mol. The molecule has 0 fully saturated rings. The van der Waals surface area contributed by atoms with E-state index in [4.69, 9.17) is 0 Å². The first-order chi connectivity index (χ1) is 12.8. The van der Waals surface area contributed by atoms with E-state index in [0.717, 1.165) is 4.47 Å².